The number of alkyl carbamates (subject to hydrolysis) is 1. The van der Waals surface area contributed by atoms with E-state index in [4.69, 9.17) is 4.74 Å². The second kappa shape index (κ2) is 10.0. The molecule has 0 aliphatic carbocycles. The van der Waals surface area contributed by atoms with Crippen molar-refractivity contribution in [1.82, 2.24) is 15.5 Å². The minimum Gasteiger partial charge on any atom is -0.444 e. The van der Waals surface area contributed by atoms with Crippen LogP contribution in [-0.2, 0) is 16.0 Å². The molecule has 0 aliphatic heterocycles. The van der Waals surface area contributed by atoms with Crippen molar-refractivity contribution < 1.29 is 14.3 Å². The Kier molecular flexibility index (Phi) is 8.41. The lowest BCUT2D eigenvalue weighted by Gasteiger charge is -2.23. The summed E-state index contributed by atoms with van der Waals surface area (Å²) in [5, 5.41) is 5.58. The van der Waals surface area contributed by atoms with Gasteiger partial charge in [0.2, 0.25) is 5.91 Å². The Morgan fingerprint density at radius 1 is 1.16 bits per heavy atom. The van der Waals surface area contributed by atoms with Gasteiger partial charge in [0, 0.05) is 13.0 Å². The molecule has 0 saturated heterocycles. The molecule has 1 unspecified atom stereocenters. The summed E-state index contributed by atoms with van der Waals surface area (Å²) in [5.41, 5.74) is 0.371. The van der Waals surface area contributed by atoms with E-state index in [9.17, 15) is 9.59 Å². The molecular weight excluding hydrogens is 318 g/mol. The van der Waals surface area contributed by atoms with Crippen LogP contribution in [0.25, 0.3) is 0 Å². The first-order valence-corrected chi connectivity index (χ1v) is 8.63. The van der Waals surface area contributed by atoms with Crippen molar-refractivity contribution in [1.29, 1.82) is 0 Å². The van der Waals surface area contributed by atoms with Crippen LogP contribution in [-0.4, -0.2) is 55.7 Å². The number of benzene rings is 1. The zero-order valence-electron chi connectivity index (χ0n) is 16.0. The van der Waals surface area contributed by atoms with Crippen LogP contribution < -0.4 is 10.6 Å². The first-order chi connectivity index (χ1) is 11.7. The number of nitrogens with zero attached hydrogens (tertiary/aromatic N) is 1. The Bertz CT molecular complexity index is 539. The van der Waals surface area contributed by atoms with Crippen molar-refractivity contribution in [2.75, 3.05) is 27.2 Å². The third-order valence-corrected chi connectivity index (χ3v) is 3.37. The fourth-order valence-electron chi connectivity index (χ4n) is 2.24. The average molecular weight is 349 g/mol. The standard InChI is InChI=1S/C19H31N3O3/c1-19(2,3)25-18(24)21-16(14-15-10-7-6-8-11-15)17(23)20-12-9-13-22(4)5/h6-8,10-11,16H,9,12-14H2,1-5H3,(H,20,23)(H,21,24). The maximum atomic E-state index is 12.5. The van der Waals surface area contributed by atoms with Gasteiger partial charge in [0.05, 0.1) is 0 Å². The van der Waals surface area contributed by atoms with Gasteiger partial charge < -0.3 is 20.3 Å². The number of amides is 2. The highest BCUT2D eigenvalue weighted by Gasteiger charge is 2.24. The van der Waals surface area contributed by atoms with Gasteiger partial charge in [0.15, 0.2) is 0 Å². The van der Waals surface area contributed by atoms with Crippen LogP contribution in [0.3, 0.4) is 0 Å². The molecule has 140 valence electrons. The lowest BCUT2D eigenvalue weighted by Crippen LogP contribution is -2.49. The third-order valence-electron chi connectivity index (χ3n) is 3.37. The fraction of sp³-hybridized carbons (Fsp3) is 0.579. The highest BCUT2D eigenvalue weighted by atomic mass is 16.6. The van der Waals surface area contributed by atoms with Crippen molar-refractivity contribution in [2.45, 2.75) is 45.3 Å². The molecule has 0 aliphatic rings. The number of hydrogen-bond donors (Lipinski definition) is 2. The van der Waals surface area contributed by atoms with E-state index in [1.165, 1.54) is 0 Å². The van der Waals surface area contributed by atoms with Crippen LogP contribution in [0.5, 0.6) is 0 Å². The molecule has 0 bridgehead atoms. The molecule has 2 amide bonds. The molecule has 6 heteroatoms. The van der Waals surface area contributed by atoms with Crippen molar-refractivity contribution in [2.24, 2.45) is 0 Å². The normalized spacial score (nSPS) is 12.6. The lowest BCUT2D eigenvalue weighted by molar-refractivity contribution is -0.123. The summed E-state index contributed by atoms with van der Waals surface area (Å²) in [6.45, 7) is 6.84. The minimum absolute atomic E-state index is 0.200. The van der Waals surface area contributed by atoms with Gasteiger partial charge in [-0.15, -0.1) is 0 Å². The van der Waals surface area contributed by atoms with Gasteiger partial charge in [-0.05, 0) is 53.4 Å². The molecule has 25 heavy (non-hydrogen) atoms. The van der Waals surface area contributed by atoms with Gasteiger partial charge in [-0.2, -0.15) is 0 Å². The smallest absolute Gasteiger partial charge is 0.408 e. The number of carbonyl (C=O) groups is 2. The number of hydrogen-bond acceptors (Lipinski definition) is 4. The summed E-state index contributed by atoms with van der Waals surface area (Å²) in [7, 11) is 3.98. The Morgan fingerprint density at radius 2 is 1.80 bits per heavy atom. The van der Waals surface area contributed by atoms with Crippen LogP contribution in [0.1, 0.15) is 32.8 Å². The molecular formula is C19H31N3O3. The minimum atomic E-state index is -0.670. The largest absolute Gasteiger partial charge is 0.444 e. The van der Waals surface area contributed by atoms with Crippen molar-refractivity contribution in [3.63, 3.8) is 0 Å². The van der Waals surface area contributed by atoms with E-state index in [0.29, 0.717) is 13.0 Å². The zero-order valence-corrected chi connectivity index (χ0v) is 16.0. The average Bonchev–Trinajstić information content (AvgIpc) is 2.49. The summed E-state index contributed by atoms with van der Waals surface area (Å²) >= 11 is 0. The van der Waals surface area contributed by atoms with E-state index in [-0.39, 0.29) is 5.91 Å². The molecule has 6 nitrogen and oxygen atoms in total. The van der Waals surface area contributed by atoms with Gasteiger partial charge in [-0.25, -0.2) is 4.79 Å². The molecule has 0 radical (unpaired) electrons. The Morgan fingerprint density at radius 3 is 2.36 bits per heavy atom. The summed E-state index contributed by atoms with van der Waals surface area (Å²) in [6.07, 6.45) is 0.680. The van der Waals surface area contributed by atoms with Gasteiger partial charge in [0.1, 0.15) is 11.6 Å². The van der Waals surface area contributed by atoms with Gasteiger partial charge in [0.25, 0.3) is 0 Å². The van der Waals surface area contributed by atoms with E-state index in [2.05, 4.69) is 15.5 Å². The Balaban J connectivity index is 2.66. The van der Waals surface area contributed by atoms with E-state index in [1.54, 1.807) is 20.8 Å². The summed E-state index contributed by atoms with van der Waals surface area (Å²) in [5.74, 6) is -0.200. The predicted octanol–water partition coefficient (Wildman–Crippen LogP) is 2.19. The summed E-state index contributed by atoms with van der Waals surface area (Å²) in [4.78, 5) is 26.6. The topological polar surface area (TPSA) is 70.7 Å². The third kappa shape index (κ3) is 9.72. The van der Waals surface area contributed by atoms with Crippen LogP contribution in [0.4, 0.5) is 4.79 Å². The molecule has 0 fully saturated rings. The maximum absolute atomic E-state index is 12.5. The first kappa shape index (κ1) is 21.0. The number of nitrogens with one attached hydrogen (secondary N) is 2. The second-order valence-corrected chi connectivity index (χ2v) is 7.34. The SMILES string of the molecule is CN(C)CCCNC(=O)C(Cc1ccccc1)NC(=O)OC(C)(C)C. The van der Waals surface area contributed by atoms with E-state index in [1.807, 2.05) is 44.4 Å². The zero-order chi connectivity index (χ0) is 18.9. The number of rotatable bonds is 8. The number of carbonyl (C=O) groups excluding carboxylic acids is 2. The molecule has 1 aromatic rings. The van der Waals surface area contributed by atoms with Crippen molar-refractivity contribution in [3.05, 3.63) is 35.9 Å². The highest BCUT2D eigenvalue weighted by Crippen LogP contribution is 2.08. The maximum Gasteiger partial charge on any atom is 0.408 e. The summed E-state index contributed by atoms with van der Waals surface area (Å²) in [6, 6.07) is 8.94. The Labute approximate surface area is 150 Å². The molecule has 1 atom stereocenters. The number of ether oxygens (including phenoxy) is 1. The van der Waals surface area contributed by atoms with Gasteiger partial charge in [-0.3, -0.25) is 4.79 Å². The van der Waals surface area contributed by atoms with Crippen LogP contribution in [0, 0.1) is 0 Å². The molecule has 2 N–H and O–H groups in total. The summed E-state index contributed by atoms with van der Waals surface area (Å²) < 4.78 is 5.28. The molecule has 0 saturated carbocycles. The van der Waals surface area contributed by atoms with Crippen LogP contribution in [0.2, 0.25) is 0 Å². The molecule has 0 spiro atoms. The van der Waals surface area contributed by atoms with Crippen LogP contribution in [0.15, 0.2) is 30.3 Å². The van der Waals surface area contributed by atoms with Gasteiger partial charge >= 0.3 is 6.09 Å². The monoisotopic (exact) mass is 349 g/mol. The van der Waals surface area contributed by atoms with Crippen LogP contribution >= 0.6 is 0 Å². The molecule has 0 heterocycles. The molecule has 0 aromatic heterocycles. The van der Waals surface area contributed by atoms with E-state index in [0.717, 1.165) is 18.5 Å². The quantitative estimate of drug-likeness (QED) is 0.706. The lowest BCUT2D eigenvalue weighted by atomic mass is 10.1. The van der Waals surface area contributed by atoms with Crippen molar-refractivity contribution >= 4 is 12.0 Å². The molecule has 1 rings (SSSR count). The van der Waals surface area contributed by atoms with E-state index < -0.39 is 17.7 Å². The predicted molar refractivity (Wildman–Crippen MR) is 99.5 cm³/mol. The highest BCUT2D eigenvalue weighted by molar-refractivity contribution is 5.86. The van der Waals surface area contributed by atoms with Crippen molar-refractivity contribution in [3.8, 4) is 0 Å². The van der Waals surface area contributed by atoms with Gasteiger partial charge in [-0.1, -0.05) is 30.3 Å². The first-order valence-electron chi connectivity index (χ1n) is 8.63. The molecule has 1 aromatic carbocycles. The fourth-order valence-corrected chi connectivity index (χ4v) is 2.24. The van der Waals surface area contributed by atoms with E-state index >= 15 is 0 Å². The second-order valence-electron chi connectivity index (χ2n) is 7.34. The Hall–Kier alpha value is -2.08.